The smallest absolute Gasteiger partial charge is 0.123 e. The van der Waals surface area contributed by atoms with Gasteiger partial charge in [0.1, 0.15) is 5.82 Å². The second-order valence-electron chi connectivity index (χ2n) is 5.76. The first kappa shape index (κ1) is 9.17. The van der Waals surface area contributed by atoms with Crippen molar-refractivity contribution >= 4 is 0 Å². The van der Waals surface area contributed by atoms with Crippen molar-refractivity contribution < 1.29 is 4.39 Å². The normalized spacial score (nSPS) is 40.8. The number of benzene rings is 1. The van der Waals surface area contributed by atoms with Crippen molar-refractivity contribution in [1.29, 1.82) is 0 Å². The van der Waals surface area contributed by atoms with Gasteiger partial charge in [-0.15, -0.1) is 0 Å². The number of nitrogens with one attached hydrogen (secondary N) is 1. The Morgan fingerprint density at radius 1 is 1.12 bits per heavy atom. The van der Waals surface area contributed by atoms with E-state index in [1.54, 1.807) is 12.1 Å². The average molecular weight is 217 g/mol. The molecule has 2 heteroatoms. The summed E-state index contributed by atoms with van der Waals surface area (Å²) < 4.78 is 12.9. The minimum Gasteiger partial charge on any atom is -0.316 e. The molecule has 1 heterocycles. The third-order valence-electron chi connectivity index (χ3n) is 5.09. The summed E-state index contributed by atoms with van der Waals surface area (Å²) in [6.07, 6.45) is 2.69. The van der Waals surface area contributed by atoms with Crippen molar-refractivity contribution in [1.82, 2.24) is 5.32 Å². The molecular formula is C14H16FN. The third kappa shape index (κ3) is 1.03. The highest BCUT2D eigenvalue weighted by Crippen LogP contribution is 2.72. The van der Waals surface area contributed by atoms with Crippen molar-refractivity contribution in [3.63, 3.8) is 0 Å². The molecule has 1 saturated heterocycles. The molecule has 4 rings (SSSR count). The minimum absolute atomic E-state index is 0.114. The number of hydrogen-bond donors (Lipinski definition) is 1. The van der Waals surface area contributed by atoms with Gasteiger partial charge < -0.3 is 5.32 Å². The highest BCUT2D eigenvalue weighted by atomic mass is 19.1. The molecule has 2 saturated carbocycles. The molecule has 1 aromatic carbocycles. The van der Waals surface area contributed by atoms with Crippen LogP contribution in [0.4, 0.5) is 4.39 Å². The van der Waals surface area contributed by atoms with Crippen molar-refractivity contribution in [2.24, 2.45) is 17.8 Å². The van der Waals surface area contributed by atoms with E-state index in [2.05, 4.69) is 5.32 Å². The van der Waals surface area contributed by atoms with Crippen LogP contribution in [0.1, 0.15) is 18.4 Å². The lowest BCUT2D eigenvalue weighted by atomic mass is 9.64. The van der Waals surface area contributed by atoms with Crippen molar-refractivity contribution in [2.45, 2.75) is 18.3 Å². The Labute approximate surface area is 95.0 Å². The molecule has 1 N–H and O–H groups in total. The molecule has 1 nitrogen and oxygen atoms in total. The lowest BCUT2D eigenvalue weighted by Crippen LogP contribution is -2.51. The van der Waals surface area contributed by atoms with E-state index < -0.39 is 0 Å². The fourth-order valence-corrected chi connectivity index (χ4v) is 3.87. The van der Waals surface area contributed by atoms with Crippen LogP contribution < -0.4 is 5.32 Å². The molecule has 2 aliphatic carbocycles. The first-order valence-corrected chi connectivity index (χ1v) is 6.26. The van der Waals surface area contributed by atoms with Crippen LogP contribution >= 0.6 is 0 Å². The zero-order chi connectivity index (χ0) is 10.8. The summed E-state index contributed by atoms with van der Waals surface area (Å²) in [5.74, 6) is 2.67. The van der Waals surface area contributed by atoms with Crippen LogP contribution in [-0.2, 0) is 5.41 Å². The Hall–Kier alpha value is -0.890. The van der Waals surface area contributed by atoms with Gasteiger partial charge in [-0.3, -0.25) is 0 Å². The summed E-state index contributed by atoms with van der Waals surface area (Å²) in [5, 5.41) is 3.36. The second kappa shape index (κ2) is 2.86. The molecule has 84 valence electrons. The molecular weight excluding hydrogens is 201 g/mol. The van der Waals surface area contributed by atoms with E-state index in [9.17, 15) is 4.39 Å². The van der Waals surface area contributed by atoms with E-state index >= 15 is 0 Å². The van der Waals surface area contributed by atoms with Gasteiger partial charge in [0.25, 0.3) is 0 Å². The number of halogens is 1. The molecule has 1 aromatic rings. The second-order valence-corrected chi connectivity index (χ2v) is 5.76. The predicted molar refractivity (Wildman–Crippen MR) is 60.7 cm³/mol. The van der Waals surface area contributed by atoms with Gasteiger partial charge in [0.05, 0.1) is 0 Å². The molecule has 3 atom stereocenters. The quantitative estimate of drug-likeness (QED) is 0.801. The van der Waals surface area contributed by atoms with Crippen LogP contribution in [0.15, 0.2) is 24.3 Å². The largest absolute Gasteiger partial charge is 0.316 e. The number of hydrogen-bond acceptors (Lipinski definition) is 1. The Morgan fingerprint density at radius 3 is 2.44 bits per heavy atom. The standard InChI is InChI=1S/C14H16FN/c15-11-3-1-10(2-4-11)14-5-12(13(14)6-14)9-7-16-8-9/h1-4,9,12-13,16H,5-8H2. The van der Waals surface area contributed by atoms with Crippen LogP contribution in [0.25, 0.3) is 0 Å². The Bertz CT molecular complexity index is 423. The summed E-state index contributed by atoms with van der Waals surface area (Å²) in [7, 11) is 0. The van der Waals surface area contributed by atoms with Gasteiger partial charge in [-0.2, -0.15) is 0 Å². The van der Waals surface area contributed by atoms with E-state index in [1.807, 2.05) is 12.1 Å². The molecule has 3 fully saturated rings. The lowest BCUT2D eigenvalue weighted by Gasteiger charge is -2.44. The maximum Gasteiger partial charge on any atom is 0.123 e. The summed E-state index contributed by atoms with van der Waals surface area (Å²) in [5.41, 5.74) is 1.84. The molecule has 3 unspecified atom stereocenters. The first-order valence-electron chi connectivity index (χ1n) is 6.26. The maximum atomic E-state index is 12.9. The monoisotopic (exact) mass is 217 g/mol. The van der Waals surface area contributed by atoms with Gasteiger partial charge in [-0.05, 0) is 66.8 Å². The highest BCUT2D eigenvalue weighted by molar-refractivity contribution is 5.40. The fraction of sp³-hybridized carbons (Fsp3) is 0.571. The molecule has 0 spiro atoms. The number of fused-ring (bicyclic) bond motifs is 1. The van der Waals surface area contributed by atoms with Crippen LogP contribution in [-0.4, -0.2) is 13.1 Å². The van der Waals surface area contributed by atoms with Gasteiger partial charge in [0, 0.05) is 0 Å². The summed E-state index contributed by atoms with van der Waals surface area (Å²) in [4.78, 5) is 0. The summed E-state index contributed by atoms with van der Waals surface area (Å²) in [6, 6.07) is 7.20. The zero-order valence-electron chi connectivity index (χ0n) is 9.25. The third-order valence-corrected chi connectivity index (χ3v) is 5.09. The van der Waals surface area contributed by atoms with E-state index in [4.69, 9.17) is 0 Å². The molecule has 0 aromatic heterocycles. The maximum absolute atomic E-state index is 12.9. The fourth-order valence-electron chi connectivity index (χ4n) is 3.87. The van der Waals surface area contributed by atoms with E-state index in [1.165, 1.54) is 31.5 Å². The average Bonchev–Trinajstić information content (AvgIpc) is 2.80. The zero-order valence-corrected chi connectivity index (χ0v) is 9.25. The highest BCUT2D eigenvalue weighted by Gasteiger charge is 2.68. The Morgan fingerprint density at radius 2 is 1.88 bits per heavy atom. The minimum atomic E-state index is -0.114. The van der Waals surface area contributed by atoms with E-state index in [0.29, 0.717) is 5.41 Å². The van der Waals surface area contributed by atoms with Gasteiger partial charge in [-0.25, -0.2) is 4.39 Å². The van der Waals surface area contributed by atoms with Gasteiger partial charge in [0.2, 0.25) is 0 Å². The Kier molecular flexibility index (Phi) is 1.64. The molecule has 0 radical (unpaired) electrons. The Balaban J connectivity index is 1.53. The van der Waals surface area contributed by atoms with Crippen LogP contribution in [0.5, 0.6) is 0 Å². The first-order chi connectivity index (χ1) is 7.79. The SMILES string of the molecule is Fc1ccc(C23CC(C4CNC4)C2C3)cc1. The van der Waals surface area contributed by atoms with E-state index in [0.717, 1.165) is 17.8 Å². The van der Waals surface area contributed by atoms with Crippen molar-refractivity contribution in [3.05, 3.63) is 35.6 Å². The van der Waals surface area contributed by atoms with Crippen molar-refractivity contribution in [3.8, 4) is 0 Å². The van der Waals surface area contributed by atoms with Crippen molar-refractivity contribution in [2.75, 3.05) is 13.1 Å². The number of rotatable bonds is 2. The summed E-state index contributed by atoms with van der Waals surface area (Å²) >= 11 is 0. The lowest BCUT2D eigenvalue weighted by molar-refractivity contribution is 0.117. The van der Waals surface area contributed by atoms with Gasteiger partial charge >= 0.3 is 0 Å². The molecule has 0 amide bonds. The topological polar surface area (TPSA) is 12.0 Å². The molecule has 0 bridgehead atoms. The summed E-state index contributed by atoms with van der Waals surface area (Å²) in [6.45, 7) is 2.45. The van der Waals surface area contributed by atoms with Gasteiger partial charge in [-0.1, -0.05) is 12.1 Å². The molecule has 3 aliphatic rings. The van der Waals surface area contributed by atoms with Crippen LogP contribution in [0, 0.1) is 23.6 Å². The molecule has 16 heavy (non-hydrogen) atoms. The predicted octanol–water partition coefficient (Wildman–Crippen LogP) is 2.32. The van der Waals surface area contributed by atoms with Crippen LogP contribution in [0.2, 0.25) is 0 Å². The van der Waals surface area contributed by atoms with E-state index in [-0.39, 0.29) is 5.82 Å². The van der Waals surface area contributed by atoms with Gasteiger partial charge in [0.15, 0.2) is 0 Å². The molecule has 1 aliphatic heterocycles. The van der Waals surface area contributed by atoms with Crippen LogP contribution in [0.3, 0.4) is 0 Å².